The molecule has 3 heteroatoms. The van der Waals surface area contributed by atoms with Crippen molar-refractivity contribution in [3.05, 3.63) is 24.3 Å². The van der Waals surface area contributed by atoms with E-state index in [1.54, 1.807) is 24.3 Å². The highest BCUT2D eigenvalue weighted by atomic mass is 35.5. The van der Waals surface area contributed by atoms with E-state index in [-0.39, 0.29) is 0 Å². The first-order valence-corrected chi connectivity index (χ1v) is 4.03. The lowest BCUT2D eigenvalue weighted by Crippen LogP contribution is -2.35. The Balaban J connectivity index is 2.86. The van der Waals surface area contributed by atoms with Crippen molar-refractivity contribution in [1.82, 2.24) is 0 Å². The molecule has 1 rings (SSSR count). The molecule has 1 atom stereocenters. The van der Waals surface area contributed by atoms with Gasteiger partial charge in [-0.25, -0.2) is 0 Å². The van der Waals surface area contributed by atoms with Gasteiger partial charge in [0.1, 0.15) is 4.87 Å². The van der Waals surface area contributed by atoms with Crippen molar-refractivity contribution in [3.63, 3.8) is 0 Å². The molecule has 0 heterocycles. The van der Waals surface area contributed by atoms with E-state index in [1.165, 1.54) is 6.92 Å². The van der Waals surface area contributed by atoms with E-state index in [1.807, 2.05) is 0 Å². The molecule has 0 aromatic carbocycles. The van der Waals surface area contributed by atoms with Gasteiger partial charge in [0.2, 0.25) is 5.78 Å². The number of carbonyl (C=O) groups is 2. The van der Waals surface area contributed by atoms with E-state index in [0.717, 1.165) is 0 Å². The molecule has 1 aliphatic carbocycles. The summed E-state index contributed by atoms with van der Waals surface area (Å²) in [5.41, 5.74) is 0. The normalized spacial score (nSPS) is 27.2. The molecule has 0 aliphatic heterocycles. The van der Waals surface area contributed by atoms with Gasteiger partial charge >= 0.3 is 0 Å². The van der Waals surface area contributed by atoms with E-state index in [0.29, 0.717) is 6.42 Å². The fourth-order valence-corrected chi connectivity index (χ4v) is 1.35. The molecule has 64 valence electrons. The molecule has 0 saturated carbocycles. The van der Waals surface area contributed by atoms with Crippen molar-refractivity contribution in [3.8, 4) is 0 Å². The Morgan fingerprint density at radius 2 is 2.08 bits per heavy atom. The summed E-state index contributed by atoms with van der Waals surface area (Å²) in [5, 5.41) is 0. The van der Waals surface area contributed by atoms with Gasteiger partial charge in [0, 0.05) is 6.92 Å². The van der Waals surface area contributed by atoms with Gasteiger partial charge in [-0.05, 0) is 6.42 Å². The lowest BCUT2D eigenvalue weighted by Gasteiger charge is -2.20. The molecular formula is C9H9ClO2. The Hall–Kier alpha value is -0.890. The van der Waals surface area contributed by atoms with E-state index in [9.17, 15) is 9.59 Å². The van der Waals surface area contributed by atoms with Gasteiger partial charge in [0.15, 0.2) is 5.78 Å². The number of carbonyl (C=O) groups excluding carboxylic acids is 2. The molecule has 0 fully saturated rings. The summed E-state index contributed by atoms with van der Waals surface area (Å²) < 4.78 is 0. The first-order chi connectivity index (χ1) is 5.56. The van der Waals surface area contributed by atoms with Gasteiger partial charge in [-0.1, -0.05) is 24.3 Å². The summed E-state index contributed by atoms with van der Waals surface area (Å²) in [5.74, 6) is -1.03. The highest BCUT2D eigenvalue weighted by molar-refractivity contribution is 6.53. The minimum atomic E-state index is -1.12. The fourth-order valence-electron chi connectivity index (χ4n) is 1.06. The zero-order valence-corrected chi connectivity index (χ0v) is 7.47. The van der Waals surface area contributed by atoms with Crippen LogP contribution in [0.25, 0.3) is 0 Å². The second kappa shape index (κ2) is 3.23. The number of hydrogen-bond donors (Lipinski definition) is 0. The maximum absolute atomic E-state index is 11.3. The second-order valence-corrected chi connectivity index (χ2v) is 3.41. The quantitative estimate of drug-likeness (QED) is 0.483. The zero-order valence-electron chi connectivity index (χ0n) is 6.71. The molecule has 0 saturated heterocycles. The van der Waals surface area contributed by atoms with Crippen molar-refractivity contribution in [1.29, 1.82) is 0 Å². The van der Waals surface area contributed by atoms with Crippen molar-refractivity contribution < 1.29 is 9.59 Å². The number of halogens is 1. The van der Waals surface area contributed by atoms with Crippen molar-refractivity contribution in [2.75, 3.05) is 0 Å². The molecule has 0 radical (unpaired) electrons. The first kappa shape index (κ1) is 9.20. The molecule has 0 bridgehead atoms. The zero-order chi connectivity index (χ0) is 9.19. The average Bonchev–Trinajstić information content (AvgIpc) is 2.04. The van der Waals surface area contributed by atoms with Crippen molar-refractivity contribution in [2.45, 2.75) is 18.2 Å². The summed E-state index contributed by atoms with van der Waals surface area (Å²) in [6.45, 7) is 1.23. The highest BCUT2D eigenvalue weighted by Crippen LogP contribution is 2.26. The van der Waals surface area contributed by atoms with Crippen LogP contribution in [0.3, 0.4) is 0 Å². The topological polar surface area (TPSA) is 34.1 Å². The average molecular weight is 185 g/mol. The third-order valence-electron chi connectivity index (χ3n) is 1.72. The van der Waals surface area contributed by atoms with Gasteiger partial charge in [-0.15, -0.1) is 11.6 Å². The number of rotatable bonds is 2. The molecule has 0 amide bonds. The number of allylic oxidation sites excluding steroid dienone is 4. The monoisotopic (exact) mass is 184 g/mol. The summed E-state index contributed by atoms with van der Waals surface area (Å²) >= 11 is 5.91. The van der Waals surface area contributed by atoms with Crippen LogP contribution in [0.2, 0.25) is 0 Å². The van der Waals surface area contributed by atoms with Gasteiger partial charge in [0.05, 0.1) is 0 Å². The molecule has 1 unspecified atom stereocenters. The van der Waals surface area contributed by atoms with Gasteiger partial charge < -0.3 is 0 Å². The van der Waals surface area contributed by atoms with Crippen LogP contribution in [0.1, 0.15) is 13.3 Å². The number of alkyl halides is 1. The largest absolute Gasteiger partial charge is 0.291 e. The van der Waals surface area contributed by atoms with Crippen molar-refractivity contribution in [2.24, 2.45) is 0 Å². The molecule has 2 nitrogen and oxygen atoms in total. The van der Waals surface area contributed by atoms with E-state index < -0.39 is 16.4 Å². The number of ketones is 2. The third-order valence-corrected chi connectivity index (χ3v) is 2.17. The third kappa shape index (κ3) is 1.64. The second-order valence-electron chi connectivity index (χ2n) is 2.74. The Morgan fingerprint density at radius 3 is 2.50 bits per heavy atom. The van der Waals surface area contributed by atoms with Gasteiger partial charge in [0.25, 0.3) is 0 Å². The van der Waals surface area contributed by atoms with E-state index >= 15 is 0 Å². The smallest absolute Gasteiger partial charge is 0.223 e. The maximum Gasteiger partial charge on any atom is 0.223 e. The Labute approximate surface area is 75.9 Å². The molecule has 1 aliphatic rings. The van der Waals surface area contributed by atoms with Crippen LogP contribution >= 0.6 is 11.6 Å². The SMILES string of the molecule is CC(=O)C(=O)C1(Cl)C=CC=CC1. The highest BCUT2D eigenvalue weighted by Gasteiger charge is 2.35. The summed E-state index contributed by atoms with van der Waals surface area (Å²) in [4.78, 5) is 20.9. The van der Waals surface area contributed by atoms with Crippen LogP contribution in [0.15, 0.2) is 24.3 Å². The fraction of sp³-hybridized carbons (Fsp3) is 0.333. The van der Waals surface area contributed by atoms with Gasteiger partial charge in [-0.3, -0.25) is 9.59 Å². The Bertz CT molecular complexity index is 278. The lowest BCUT2D eigenvalue weighted by molar-refractivity contribution is -0.136. The van der Waals surface area contributed by atoms with Crippen LogP contribution in [-0.4, -0.2) is 16.4 Å². The lowest BCUT2D eigenvalue weighted by atomic mass is 9.93. The standard InChI is InChI=1S/C9H9ClO2/c1-7(11)8(12)9(10)5-3-2-4-6-9/h2-5H,6H2,1H3. The predicted octanol–water partition coefficient (Wildman–Crippen LogP) is 1.64. The predicted molar refractivity (Wildman–Crippen MR) is 47.2 cm³/mol. The molecule has 0 aromatic rings. The number of Topliss-reactive ketones (excluding diaryl/α,β-unsaturated/α-hetero) is 2. The minimum Gasteiger partial charge on any atom is -0.291 e. The first-order valence-electron chi connectivity index (χ1n) is 3.65. The molecule has 12 heavy (non-hydrogen) atoms. The maximum atomic E-state index is 11.3. The van der Waals surface area contributed by atoms with Crippen LogP contribution < -0.4 is 0 Å². The molecular weight excluding hydrogens is 176 g/mol. The molecule has 0 N–H and O–H groups in total. The molecule has 0 aromatic heterocycles. The van der Waals surface area contributed by atoms with Gasteiger partial charge in [-0.2, -0.15) is 0 Å². The van der Waals surface area contributed by atoms with Crippen LogP contribution in [0.5, 0.6) is 0 Å². The van der Waals surface area contributed by atoms with Crippen LogP contribution in [0, 0.1) is 0 Å². The van der Waals surface area contributed by atoms with Crippen molar-refractivity contribution >= 4 is 23.2 Å². The van der Waals surface area contributed by atoms with E-state index in [2.05, 4.69) is 0 Å². The number of hydrogen-bond acceptors (Lipinski definition) is 2. The minimum absolute atomic E-state index is 0.392. The summed E-state index contributed by atoms with van der Waals surface area (Å²) in [6.07, 6.45) is 7.20. The van der Waals surface area contributed by atoms with Crippen LogP contribution in [-0.2, 0) is 9.59 Å². The van der Waals surface area contributed by atoms with Crippen LogP contribution in [0.4, 0.5) is 0 Å². The van der Waals surface area contributed by atoms with E-state index in [4.69, 9.17) is 11.6 Å². The molecule has 0 spiro atoms. The summed E-state index contributed by atoms with van der Waals surface area (Å²) in [6, 6.07) is 0. The Kier molecular flexibility index (Phi) is 2.48. The summed E-state index contributed by atoms with van der Waals surface area (Å²) in [7, 11) is 0. The Morgan fingerprint density at radius 1 is 1.42 bits per heavy atom.